The van der Waals surface area contributed by atoms with E-state index in [4.69, 9.17) is 0 Å². The number of hydrogen-bond donors (Lipinski definition) is 1. The van der Waals surface area contributed by atoms with Crippen molar-refractivity contribution >= 4 is 11.9 Å². The molecular formula is C18H16F3N3O4. The van der Waals surface area contributed by atoms with E-state index < -0.39 is 40.8 Å². The van der Waals surface area contributed by atoms with E-state index in [0.29, 0.717) is 6.42 Å². The van der Waals surface area contributed by atoms with Gasteiger partial charge in [-0.3, -0.25) is 9.59 Å². The highest BCUT2D eigenvalue weighted by Crippen LogP contribution is 2.33. The second-order valence-corrected chi connectivity index (χ2v) is 6.42. The van der Waals surface area contributed by atoms with Gasteiger partial charge in [-0.1, -0.05) is 12.1 Å². The second kappa shape index (κ2) is 7.10. The molecular weight excluding hydrogens is 379 g/mol. The minimum atomic E-state index is -4.67. The van der Waals surface area contributed by atoms with Crippen LogP contribution >= 0.6 is 0 Å². The molecule has 0 radical (unpaired) electrons. The topological polar surface area (TPSA) is 92.5 Å². The summed E-state index contributed by atoms with van der Waals surface area (Å²) in [5.41, 5.74) is -2.60. The summed E-state index contributed by atoms with van der Waals surface area (Å²) in [7, 11) is 0. The standard InChI is InChI=1S/C18H16F3N3O4/c1-10-9-14(25)15(16(26)23-8-4-7-13(23)17(27)28)22-24(10)12-6-3-2-5-11(12)18(19,20)21/h2-3,5-6,9,13H,4,7-8H2,1H3,(H,27,28). The second-order valence-electron chi connectivity index (χ2n) is 6.42. The average Bonchev–Trinajstić information content (AvgIpc) is 3.11. The smallest absolute Gasteiger partial charge is 0.418 e. The normalized spacial score (nSPS) is 17.0. The summed E-state index contributed by atoms with van der Waals surface area (Å²) in [4.78, 5) is 37.3. The largest absolute Gasteiger partial charge is 0.480 e. The quantitative estimate of drug-likeness (QED) is 0.861. The lowest BCUT2D eigenvalue weighted by Gasteiger charge is -2.22. The summed E-state index contributed by atoms with van der Waals surface area (Å²) in [5.74, 6) is -2.12. The van der Waals surface area contributed by atoms with E-state index in [-0.39, 0.29) is 24.3 Å². The van der Waals surface area contributed by atoms with Gasteiger partial charge in [-0.25, -0.2) is 9.48 Å². The van der Waals surface area contributed by atoms with Crippen molar-refractivity contribution in [3.8, 4) is 5.69 Å². The fourth-order valence-electron chi connectivity index (χ4n) is 3.24. The number of carboxylic acid groups (broad SMARTS) is 1. The zero-order valence-electron chi connectivity index (χ0n) is 14.7. The third-order valence-corrected chi connectivity index (χ3v) is 4.55. The van der Waals surface area contributed by atoms with Crippen LogP contribution in [0.1, 0.15) is 34.6 Å². The van der Waals surface area contributed by atoms with Crippen LogP contribution in [0.3, 0.4) is 0 Å². The molecule has 1 N–H and O–H groups in total. The molecule has 7 nitrogen and oxygen atoms in total. The van der Waals surface area contributed by atoms with E-state index >= 15 is 0 Å². The highest BCUT2D eigenvalue weighted by atomic mass is 19.4. The van der Waals surface area contributed by atoms with E-state index in [1.807, 2.05) is 0 Å². The maximum atomic E-state index is 13.3. The highest BCUT2D eigenvalue weighted by molar-refractivity contribution is 5.95. The number of hydrogen-bond acceptors (Lipinski definition) is 4. The summed E-state index contributed by atoms with van der Waals surface area (Å²) >= 11 is 0. The Morgan fingerprint density at radius 1 is 1.25 bits per heavy atom. The lowest BCUT2D eigenvalue weighted by Crippen LogP contribution is -2.43. The number of aryl methyl sites for hydroxylation is 1. The van der Waals surface area contributed by atoms with Gasteiger partial charge in [-0.2, -0.15) is 18.3 Å². The molecule has 1 atom stereocenters. The maximum Gasteiger partial charge on any atom is 0.418 e. The Hall–Kier alpha value is -3.17. The highest BCUT2D eigenvalue weighted by Gasteiger charge is 2.37. The number of benzene rings is 1. The molecule has 1 aliphatic heterocycles. The number of nitrogens with zero attached hydrogens (tertiary/aromatic N) is 3. The molecule has 1 unspecified atom stereocenters. The van der Waals surface area contributed by atoms with Gasteiger partial charge in [0.1, 0.15) is 6.04 Å². The number of alkyl halides is 3. The molecule has 0 spiro atoms. The Bertz CT molecular complexity index is 1000. The number of aliphatic carboxylic acids is 1. The molecule has 1 aromatic heterocycles. The van der Waals surface area contributed by atoms with Crippen LogP contribution in [-0.4, -0.2) is 44.3 Å². The molecule has 2 aromatic rings. The first-order valence-electron chi connectivity index (χ1n) is 8.42. The molecule has 2 heterocycles. The molecule has 10 heteroatoms. The van der Waals surface area contributed by atoms with Crippen LogP contribution in [0, 0.1) is 6.92 Å². The van der Waals surface area contributed by atoms with Gasteiger partial charge in [0.25, 0.3) is 5.91 Å². The summed E-state index contributed by atoms with van der Waals surface area (Å²) in [6.45, 7) is 1.52. The first kappa shape index (κ1) is 19.6. The summed E-state index contributed by atoms with van der Waals surface area (Å²) in [6, 6.07) is 4.57. The van der Waals surface area contributed by atoms with Gasteiger partial charge in [-0.15, -0.1) is 0 Å². The van der Waals surface area contributed by atoms with Crippen molar-refractivity contribution in [1.29, 1.82) is 0 Å². The van der Waals surface area contributed by atoms with Gasteiger partial charge in [0, 0.05) is 18.3 Å². The van der Waals surface area contributed by atoms with Crippen molar-refractivity contribution in [2.75, 3.05) is 6.54 Å². The van der Waals surface area contributed by atoms with Gasteiger partial charge in [0.2, 0.25) is 5.43 Å². The first-order valence-corrected chi connectivity index (χ1v) is 8.42. The predicted molar refractivity (Wildman–Crippen MR) is 91.3 cm³/mol. The molecule has 1 fully saturated rings. The van der Waals surface area contributed by atoms with Crippen molar-refractivity contribution in [3.05, 3.63) is 57.5 Å². The number of carbonyl (C=O) groups is 2. The molecule has 28 heavy (non-hydrogen) atoms. The number of carboxylic acids is 1. The van der Waals surface area contributed by atoms with Crippen molar-refractivity contribution in [2.45, 2.75) is 32.0 Å². The molecule has 0 saturated carbocycles. The van der Waals surface area contributed by atoms with Crippen LogP contribution in [-0.2, 0) is 11.0 Å². The number of para-hydroxylation sites is 1. The van der Waals surface area contributed by atoms with E-state index in [1.54, 1.807) is 0 Å². The lowest BCUT2D eigenvalue weighted by molar-refractivity contribution is -0.141. The molecule has 0 aliphatic carbocycles. The number of carbonyl (C=O) groups excluding carboxylic acids is 1. The molecule has 1 saturated heterocycles. The monoisotopic (exact) mass is 395 g/mol. The van der Waals surface area contributed by atoms with Crippen LogP contribution in [0.4, 0.5) is 13.2 Å². The Morgan fingerprint density at radius 3 is 2.57 bits per heavy atom. The molecule has 3 rings (SSSR count). The molecule has 1 aliphatic rings. The van der Waals surface area contributed by atoms with Crippen molar-refractivity contribution in [3.63, 3.8) is 0 Å². The van der Waals surface area contributed by atoms with Crippen LogP contribution in [0.15, 0.2) is 35.1 Å². The van der Waals surface area contributed by atoms with Crippen LogP contribution in [0.2, 0.25) is 0 Å². The van der Waals surface area contributed by atoms with Gasteiger partial charge in [0.15, 0.2) is 5.69 Å². The molecule has 1 aromatic carbocycles. The maximum absolute atomic E-state index is 13.3. The summed E-state index contributed by atoms with van der Waals surface area (Å²) in [5, 5.41) is 13.1. The lowest BCUT2D eigenvalue weighted by atomic mass is 10.1. The fraction of sp³-hybridized carbons (Fsp3) is 0.333. The van der Waals surface area contributed by atoms with E-state index in [0.717, 1.165) is 21.7 Å². The van der Waals surface area contributed by atoms with Crippen molar-refractivity contribution in [1.82, 2.24) is 14.7 Å². The zero-order chi connectivity index (χ0) is 20.6. The minimum absolute atomic E-state index is 0.106. The number of likely N-dealkylation sites (tertiary alicyclic amines) is 1. The number of halogens is 3. The van der Waals surface area contributed by atoms with Gasteiger partial charge in [-0.05, 0) is 31.9 Å². The number of rotatable bonds is 3. The zero-order valence-corrected chi connectivity index (χ0v) is 14.7. The molecule has 1 amide bonds. The van der Waals surface area contributed by atoms with Crippen molar-refractivity contribution in [2.24, 2.45) is 0 Å². The first-order chi connectivity index (χ1) is 13.1. The fourth-order valence-corrected chi connectivity index (χ4v) is 3.24. The third kappa shape index (κ3) is 3.49. The Kier molecular flexibility index (Phi) is 4.97. The van der Waals surface area contributed by atoms with E-state index in [1.165, 1.54) is 25.1 Å². The van der Waals surface area contributed by atoms with Crippen LogP contribution in [0.5, 0.6) is 0 Å². The van der Waals surface area contributed by atoms with Crippen LogP contribution in [0.25, 0.3) is 5.69 Å². The van der Waals surface area contributed by atoms with Gasteiger partial charge in [0.05, 0.1) is 11.3 Å². The van der Waals surface area contributed by atoms with Crippen molar-refractivity contribution < 1.29 is 27.9 Å². The minimum Gasteiger partial charge on any atom is -0.480 e. The van der Waals surface area contributed by atoms with Crippen LogP contribution < -0.4 is 5.43 Å². The number of amides is 1. The predicted octanol–water partition coefficient (Wildman–Crippen LogP) is 2.25. The third-order valence-electron chi connectivity index (χ3n) is 4.55. The van der Waals surface area contributed by atoms with E-state index in [2.05, 4.69) is 5.10 Å². The Balaban J connectivity index is 2.12. The Morgan fingerprint density at radius 2 is 1.93 bits per heavy atom. The van der Waals surface area contributed by atoms with E-state index in [9.17, 15) is 32.7 Å². The number of aromatic nitrogens is 2. The Labute approximate surface area is 157 Å². The average molecular weight is 395 g/mol. The summed E-state index contributed by atoms with van der Waals surface area (Å²) < 4.78 is 40.9. The van der Waals surface area contributed by atoms with Gasteiger partial charge < -0.3 is 10.0 Å². The molecule has 148 valence electrons. The summed E-state index contributed by atoms with van der Waals surface area (Å²) in [6.07, 6.45) is -3.99. The SMILES string of the molecule is Cc1cc(=O)c(C(=O)N2CCCC2C(=O)O)nn1-c1ccccc1C(F)(F)F. The molecule has 0 bridgehead atoms. The van der Waals surface area contributed by atoms with Gasteiger partial charge >= 0.3 is 12.1 Å².